The predicted molar refractivity (Wildman–Crippen MR) is 85.8 cm³/mol. The molecule has 2 N–H and O–H groups in total. The second kappa shape index (κ2) is 5.24. The Bertz CT molecular complexity index is 868. The average molecular weight is 355 g/mol. The topological polar surface area (TPSA) is 52.2 Å². The van der Waals surface area contributed by atoms with E-state index in [2.05, 4.69) is 11.7 Å². The summed E-state index contributed by atoms with van der Waals surface area (Å²) in [5, 5.41) is 15.8. The highest BCUT2D eigenvalue weighted by molar-refractivity contribution is 5.83. The van der Waals surface area contributed by atoms with Crippen molar-refractivity contribution >= 4 is 5.69 Å². The van der Waals surface area contributed by atoms with Gasteiger partial charge in [-0.15, -0.1) is 0 Å². The summed E-state index contributed by atoms with van der Waals surface area (Å²) >= 11 is 0. The minimum Gasteiger partial charge on any atom is -0.506 e. The minimum atomic E-state index is -4.61. The van der Waals surface area contributed by atoms with Gasteiger partial charge in [0.2, 0.25) is 0 Å². The van der Waals surface area contributed by atoms with Crippen molar-refractivity contribution < 1.29 is 22.7 Å². The number of hydrogen-bond donors (Lipinski definition) is 2. The second-order valence-electron chi connectivity index (χ2n) is 6.85. The molecule has 0 saturated carbocycles. The van der Waals surface area contributed by atoms with Gasteiger partial charge >= 0.3 is 6.18 Å². The van der Waals surface area contributed by atoms with E-state index in [9.17, 15) is 22.7 Å². The van der Waals surface area contributed by atoms with Crippen LogP contribution in [0.25, 0.3) is 11.3 Å². The Balaban J connectivity index is 2.30. The van der Waals surface area contributed by atoms with Crippen molar-refractivity contribution in [2.24, 2.45) is 0 Å². The largest absolute Gasteiger partial charge is 0.506 e. The molecule has 1 aromatic heterocycles. The number of aromatic nitrogens is 2. The maximum Gasteiger partial charge on any atom is 0.432 e. The van der Waals surface area contributed by atoms with E-state index in [1.807, 2.05) is 18.9 Å². The lowest BCUT2D eigenvalue weighted by atomic mass is 9.82. The molecule has 0 saturated heterocycles. The molecular weight excluding hydrogens is 338 g/mol. The fraction of sp³-hybridized carbons (Fsp3) is 0.353. The zero-order valence-electron chi connectivity index (χ0n) is 13.9. The number of nitrogens with one attached hydrogen (secondary N) is 1. The van der Waals surface area contributed by atoms with E-state index < -0.39 is 23.1 Å². The van der Waals surface area contributed by atoms with Crippen LogP contribution in [0.5, 0.6) is 5.75 Å². The molecule has 1 aliphatic rings. The first-order valence-corrected chi connectivity index (χ1v) is 7.55. The zero-order chi connectivity index (χ0) is 18.7. The van der Waals surface area contributed by atoms with Gasteiger partial charge in [-0.25, -0.2) is 4.39 Å². The number of alkyl halides is 3. The summed E-state index contributed by atoms with van der Waals surface area (Å²) in [4.78, 5) is 1.73. The number of fused-ring (bicyclic) bond motifs is 1. The van der Waals surface area contributed by atoms with E-state index in [4.69, 9.17) is 0 Å². The van der Waals surface area contributed by atoms with Crippen LogP contribution in [-0.2, 0) is 11.6 Å². The minimum absolute atomic E-state index is 0.0479. The molecule has 3 rings (SSSR count). The summed E-state index contributed by atoms with van der Waals surface area (Å²) in [6, 6.07) is 1.67. The maximum absolute atomic E-state index is 14.6. The van der Waals surface area contributed by atoms with Crippen LogP contribution in [-0.4, -0.2) is 21.8 Å². The van der Waals surface area contributed by atoms with Gasteiger partial charge < -0.3 is 10.0 Å². The monoisotopic (exact) mass is 355 g/mol. The van der Waals surface area contributed by atoms with Crippen molar-refractivity contribution in [3.05, 3.63) is 41.5 Å². The molecule has 2 aromatic rings. The summed E-state index contributed by atoms with van der Waals surface area (Å²) in [5.41, 5.74) is -0.487. The van der Waals surface area contributed by atoms with Gasteiger partial charge in [0.25, 0.3) is 0 Å². The van der Waals surface area contributed by atoms with Gasteiger partial charge in [-0.2, -0.15) is 18.3 Å². The highest BCUT2D eigenvalue weighted by atomic mass is 19.4. The average Bonchev–Trinajstić information content (AvgIpc) is 3.03. The molecule has 8 heteroatoms. The van der Waals surface area contributed by atoms with Crippen molar-refractivity contribution in [1.29, 1.82) is 0 Å². The van der Waals surface area contributed by atoms with Gasteiger partial charge in [0.1, 0.15) is 17.3 Å². The molecule has 0 fully saturated rings. The van der Waals surface area contributed by atoms with Gasteiger partial charge in [-0.05, 0) is 18.6 Å². The van der Waals surface area contributed by atoms with Crippen molar-refractivity contribution in [2.75, 3.05) is 11.4 Å². The number of aromatic amines is 1. The Kier molecular flexibility index (Phi) is 3.63. The smallest absolute Gasteiger partial charge is 0.432 e. The summed E-state index contributed by atoms with van der Waals surface area (Å²) in [7, 11) is 0. The zero-order valence-corrected chi connectivity index (χ0v) is 13.9. The normalized spacial score (nSPS) is 16.2. The van der Waals surface area contributed by atoms with Crippen LogP contribution in [0.4, 0.5) is 23.2 Å². The number of phenols is 1. The molecule has 1 aliphatic heterocycles. The number of anilines is 1. The highest BCUT2D eigenvalue weighted by Crippen LogP contribution is 2.52. The molecule has 4 nitrogen and oxygen atoms in total. The van der Waals surface area contributed by atoms with Crippen molar-refractivity contribution in [1.82, 2.24) is 10.2 Å². The molecule has 0 spiro atoms. The van der Waals surface area contributed by atoms with Gasteiger partial charge in [0, 0.05) is 29.3 Å². The Hall–Kier alpha value is -2.51. The lowest BCUT2D eigenvalue weighted by Gasteiger charge is -2.22. The third kappa shape index (κ3) is 2.65. The van der Waals surface area contributed by atoms with E-state index in [1.54, 1.807) is 11.8 Å². The van der Waals surface area contributed by atoms with E-state index in [0.29, 0.717) is 23.5 Å². The molecule has 0 aliphatic carbocycles. The van der Waals surface area contributed by atoms with E-state index >= 15 is 0 Å². The Morgan fingerprint density at radius 1 is 1.36 bits per heavy atom. The van der Waals surface area contributed by atoms with Crippen LogP contribution < -0.4 is 4.90 Å². The van der Waals surface area contributed by atoms with Gasteiger partial charge in [0.05, 0.1) is 11.4 Å². The summed E-state index contributed by atoms with van der Waals surface area (Å²) < 4.78 is 53.2. The van der Waals surface area contributed by atoms with Gasteiger partial charge in [-0.1, -0.05) is 20.4 Å². The van der Waals surface area contributed by atoms with Crippen molar-refractivity contribution in [3.8, 4) is 17.0 Å². The highest BCUT2D eigenvalue weighted by Gasteiger charge is 2.42. The summed E-state index contributed by atoms with van der Waals surface area (Å²) in [6.45, 7) is 9.67. The third-order valence-corrected chi connectivity index (χ3v) is 4.33. The van der Waals surface area contributed by atoms with E-state index in [0.717, 1.165) is 12.1 Å². The van der Waals surface area contributed by atoms with Crippen molar-refractivity contribution in [2.45, 2.75) is 32.4 Å². The molecule has 2 heterocycles. The molecular formula is C17H17F4N3O. The first kappa shape index (κ1) is 17.3. The number of allylic oxidation sites excluding steroid dienone is 1. The quantitative estimate of drug-likeness (QED) is 0.776. The summed E-state index contributed by atoms with van der Waals surface area (Å²) in [5.74, 6) is -1.11. The molecule has 0 unspecified atom stereocenters. The molecule has 25 heavy (non-hydrogen) atoms. The number of hydrogen-bond acceptors (Lipinski definition) is 3. The number of halogens is 4. The molecule has 0 atom stereocenters. The van der Waals surface area contributed by atoms with Crippen LogP contribution in [0.1, 0.15) is 32.0 Å². The Morgan fingerprint density at radius 3 is 2.52 bits per heavy atom. The Morgan fingerprint density at radius 2 is 2.00 bits per heavy atom. The fourth-order valence-corrected chi connectivity index (χ4v) is 3.28. The predicted octanol–water partition coefficient (Wildman–Crippen LogP) is 4.57. The number of H-pyrrole nitrogens is 1. The number of rotatable bonds is 2. The number of benzene rings is 1. The van der Waals surface area contributed by atoms with E-state index in [-0.39, 0.29) is 17.0 Å². The number of nitrogens with zero attached hydrogens (tertiary/aromatic N) is 2. The SMILES string of the molecule is C=C(C)N1CC(C)(C)c2c(-c3cc(C(F)(F)F)[nH]n3)c(F)cc(O)c21. The standard InChI is InChI=1S/C17H17F4N3O/c1-8(2)24-7-16(3,4)14-13(9(18)5-11(25)15(14)24)10-6-12(23-22-10)17(19,20)21/h5-6,25H,1,7H2,2-4H3,(H,22,23). The molecule has 0 bridgehead atoms. The number of aromatic hydroxyl groups is 1. The fourth-order valence-electron chi connectivity index (χ4n) is 3.28. The van der Waals surface area contributed by atoms with Gasteiger partial charge in [-0.3, -0.25) is 5.10 Å². The van der Waals surface area contributed by atoms with Crippen LogP contribution in [0, 0.1) is 5.82 Å². The van der Waals surface area contributed by atoms with Crippen molar-refractivity contribution in [3.63, 3.8) is 0 Å². The molecule has 0 amide bonds. The Labute approximate surface area is 141 Å². The van der Waals surface area contributed by atoms with Gasteiger partial charge in [0.15, 0.2) is 0 Å². The molecule has 1 aromatic carbocycles. The molecule has 134 valence electrons. The van der Waals surface area contributed by atoms with Crippen LogP contribution in [0.15, 0.2) is 24.4 Å². The number of phenolic OH excluding ortho intramolecular Hbond substituents is 1. The van der Waals surface area contributed by atoms with E-state index in [1.165, 1.54) is 0 Å². The molecule has 0 radical (unpaired) electrons. The lowest BCUT2D eigenvalue weighted by molar-refractivity contribution is -0.141. The third-order valence-electron chi connectivity index (χ3n) is 4.33. The second-order valence-corrected chi connectivity index (χ2v) is 6.85. The lowest BCUT2D eigenvalue weighted by Crippen LogP contribution is -2.27. The van der Waals surface area contributed by atoms with Crippen LogP contribution >= 0.6 is 0 Å². The maximum atomic E-state index is 14.6. The summed E-state index contributed by atoms with van der Waals surface area (Å²) in [6.07, 6.45) is -4.61. The van der Waals surface area contributed by atoms with Crippen LogP contribution in [0.3, 0.4) is 0 Å². The first-order valence-electron chi connectivity index (χ1n) is 7.55. The van der Waals surface area contributed by atoms with Crippen LogP contribution in [0.2, 0.25) is 0 Å². The first-order chi connectivity index (χ1) is 11.4.